The Kier molecular flexibility index (Phi) is 6.13. The van der Waals surface area contributed by atoms with Gasteiger partial charge in [0.2, 0.25) is 11.9 Å². The Bertz CT molecular complexity index is 1040. The fourth-order valence-electron chi connectivity index (χ4n) is 3.77. The highest BCUT2D eigenvalue weighted by Crippen LogP contribution is 2.25. The molecule has 30 heavy (non-hydrogen) atoms. The number of carbonyl (C=O) groups is 1. The molecule has 1 aliphatic rings. The van der Waals surface area contributed by atoms with Crippen LogP contribution in [0.2, 0.25) is 0 Å². The van der Waals surface area contributed by atoms with Crippen molar-refractivity contribution in [3.8, 4) is 11.1 Å². The molecule has 0 saturated carbocycles. The van der Waals surface area contributed by atoms with Gasteiger partial charge >= 0.3 is 0 Å². The lowest BCUT2D eigenvalue weighted by molar-refractivity contribution is -0.120. The van der Waals surface area contributed by atoms with E-state index < -0.39 is 0 Å². The second kappa shape index (κ2) is 8.96. The number of hydrogen-bond acceptors (Lipinski definition) is 4. The van der Waals surface area contributed by atoms with Crippen LogP contribution in [-0.2, 0) is 4.79 Å². The van der Waals surface area contributed by atoms with Gasteiger partial charge in [-0.05, 0) is 56.0 Å². The minimum atomic E-state index is 0.0109. The van der Waals surface area contributed by atoms with Crippen LogP contribution in [0.3, 0.4) is 0 Å². The van der Waals surface area contributed by atoms with Gasteiger partial charge in [-0.1, -0.05) is 45.8 Å². The SMILES string of the molecule is Cc1cccc(-c2cnc(N3CCC(C(=O)Nc4ccc(Br)c(C)c4)CC3)nc2)c1. The summed E-state index contributed by atoms with van der Waals surface area (Å²) in [4.78, 5) is 24.0. The van der Waals surface area contributed by atoms with Gasteiger partial charge < -0.3 is 10.2 Å². The maximum Gasteiger partial charge on any atom is 0.227 e. The first kappa shape index (κ1) is 20.5. The number of hydrogen-bond donors (Lipinski definition) is 1. The number of carbonyl (C=O) groups excluding carboxylic acids is 1. The van der Waals surface area contributed by atoms with Crippen molar-refractivity contribution in [2.24, 2.45) is 5.92 Å². The molecule has 1 saturated heterocycles. The van der Waals surface area contributed by atoms with Crippen molar-refractivity contribution in [1.82, 2.24) is 9.97 Å². The molecule has 1 amide bonds. The molecule has 0 atom stereocenters. The van der Waals surface area contributed by atoms with Crippen molar-refractivity contribution in [3.63, 3.8) is 0 Å². The molecule has 1 aliphatic heterocycles. The molecular weight excluding hydrogens is 440 g/mol. The van der Waals surface area contributed by atoms with Crippen molar-refractivity contribution in [2.75, 3.05) is 23.3 Å². The molecule has 4 rings (SSSR count). The lowest BCUT2D eigenvalue weighted by Gasteiger charge is -2.31. The number of benzene rings is 2. The Morgan fingerprint density at radius 2 is 1.77 bits per heavy atom. The maximum absolute atomic E-state index is 12.7. The predicted octanol–water partition coefficient (Wildman–Crippen LogP) is 5.38. The summed E-state index contributed by atoms with van der Waals surface area (Å²) in [5.41, 5.74) is 5.31. The zero-order valence-electron chi connectivity index (χ0n) is 17.2. The van der Waals surface area contributed by atoms with Crippen LogP contribution < -0.4 is 10.2 Å². The Morgan fingerprint density at radius 3 is 2.43 bits per heavy atom. The number of piperidine rings is 1. The average molecular weight is 465 g/mol. The van der Waals surface area contributed by atoms with Crippen LogP contribution in [0.1, 0.15) is 24.0 Å². The lowest BCUT2D eigenvalue weighted by Crippen LogP contribution is -2.39. The first-order valence-corrected chi connectivity index (χ1v) is 11.0. The molecule has 0 radical (unpaired) electrons. The number of nitrogens with one attached hydrogen (secondary N) is 1. The quantitative estimate of drug-likeness (QED) is 0.562. The summed E-state index contributed by atoms with van der Waals surface area (Å²) in [5.74, 6) is 0.831. The van der Waals surface area contributed by atoms with E-state index in [0.717, 1.165) is 58.7 Å². The van der Waals surface area contributed by atoms with Crippen LogP contribution in [0.25, 0.3) is 11.1 Å². The third kappa shape index (κ3) is 4.70. The van der Waals surface area contributed by atoms with E-state index in [1.807, 2.05) is 43.6 Å². The topological polar surface area (TPSA) is 58.1 Å². The average Bonchev–Trinajstić information content (AvgIpc) is 2.76. The minimum Gasteiger partial charge on any atom is -0.341 e. The van der Waals surface area contributed by atoms with Crippen LogP contribution in [0, 0.1) is 19.8 Å². The zero-order valence-corrected chi connectivity index (χ0v) is 18.8. The molecule has 5 nitrogen and oxygen atoms in total. The van der Waals surface area contributed by atoms with Gasteiger partial charge in [-0.3, -0.25) is 4.79 Å². The molecular formula is C24H25BrN4O. The van der Waals surface area contributed by atoms with Crippen molar-refractivity contribution in [2.45, 2.75) is 26.7 Å². The van der Waals surface area contributed by atoms with Gasteiger partial charge in [0, 0.05) is 47.1 Å². The van der Waals surface area contributed by atoms with E-state index in [1.165, 1.54) is 5.56 Å². The van der Waals surface area contributed by atoms with Crippen molar-refractivity contribution >= 4 is 33.5 Å². The Balaban J connectivity index is 1.34. The molecule has 3 aromatic rings. The molecule has 1 N–H and O–H groups in total. The second-order valence-corrected chi connectivity index (χ2v) is 8.71. The Hall–Kier alpha value is -2.73. The first-order chi connectivity index (χ1) is 14.5. The normalized spacial score (nSPS) is 14.6. The van der Waals surface area contributed by atoms with Gasteiger partial charge in [0.15, 0.2) is 0 Å². The smallest absolute Gasteiger partial charge is 0.227 e. The molecule has 1 aromatic heterocycles. The minimum absolute atomic E-state index is 0.0109. The summed E-state index contributed by atoms with van der Waals surface area (Å²) >= 11 is 3.49. The highest BCUT2D eigenvalue weighted by Gasteiger charge is 2.26. The number of aromatic nitrogens is 2. The fourth-order valence-corrected chi connectivity index (χ4v) is 4.01. The zero-order chi connectivity index (χ0) is 21.1. The molecule has 0 bridgehead atoms. The molecule has 2 aromatic carbocycles. The summed E-state index contributed by atoms with van der Waals surface area (Å²) in [6.45, 7) is 5.65. The van der Waals surface area contributed by atoms with E-state index in [1.54, 1.807) is 0 Å². The Labute approximate surface area is 185 Å². The van der Waals surface area contributed by atoms with Crippen LogP contribution >= 0.6 is 15.9 Å². The summed E-state index contributed by atoms with van der Waals surface area (Å²) in [7, 11) is 0. The summed E-state index contributed by atoms with van der Waals surface area (Å²) in [6, 6.07) is 14.2. The van der Waals surface area contributed by atoms with Gasteiger partial charge in [-0.2, -0.15) is 0 Å². The van der Waals surface area contributed by atoms with E-state index in [9.17, 15) is 4.79 Å². The molecule has 0 spiro atoms. The number of halogens is 1. The number of anilines is 2. The monoisotopic (exact) mass is 464 g/mol. The lowest BCUT2D eigenvalue weighted by atomic mass is 9.96. The Morgan fingerprint density at radius 1 is 1.03 bits per heavy atom. The number of amides is 1. The standard InChI is InChI=1S/C24H25BrN4O/c1-16-4-3-5-19(12-16)20-14-26-24(27-15-20)29-10-8-18(9-11-29)23(30)28-21-6-7-22(25)17(2)13-21/h3-7,12-15,18H,8-11H2,1-2H3,(H,28,30). The summed E-state index contributed by atoms with van der Waals surface area (Å²) in [6.07, 6.45) is 5.35. The number of nitrogens with zero attached hydrogens (tertiary/aromatic N) is 3. The van der Waals surface area contributed by atoms with Crippen LogP contribution in [-0.4, -0.2) is 29.0 Å². The largest absolute Gasteiger partial charge is 0.341 e. The molecule has 0 aliphatic carbocycles. The summed E-state index contributed by atoms with van der Waals surface area (Å²) < 4.78 is 1.04. The van der Waals surface area contributed by atoms with E-state index in [4.69, 9.17) is 0 Å². The van der Waals surface area contributed by atoms with E-state index in [2.05, 4.69) is 61.2 Å². The summed E-state index contributed by atoms with van der Waals surface area (Å²) in [5, 5.41) is 3.05. The third-order valence-corrected chi connectivity index (χ3v) is 6.45. The second-order valence-electron chi connectivity index (χ2n) is 7.86. The van der Waals surface area contributed by atoms with Gasteiger partial charge in [-0.15, -0.1) is 0 Å². The number of aryl methyl sites for hydroxylation is 2. The van der Waals surface area contributed by atoms with E-state index >= 15 is 0 Å². The van der Waals surface area contributed by atoms with Crippen LogP contribution in [0.4, 0.5) is 11.6 Å². The molecule has 0 unspecified atom stereocenters. The predicted molar refractivity (Wildman–Crippen MR) is 125 cm³/mol. The third-order valence-electron chi connectivity index (χ3n) is 5.56. The molecule has 154 valence electrons. The van der Waals surface area contributed by atoms with Crippen molar-refractivity contribution in [3.05, 3.63) is 70.5 Å². The van der Waals surface area contributed by atoms with Gasteiger partial charge in [0.05, 0.1) is 0 Å². The highest BCUT2D eigenvalue weighted by atomic mass is 79.9. The van der Waals surface area contributed by atoms with Gasteiger partial charge in [-0.25, -0.2) is 9.97 Å². The van der Waals surface area contributed by atoms with Crippen LogP contribution in [0.15, 0.2) is 59.3 Å². The molecule has 2 heterocycles. The van der Waals surface area contributed by atoms with Gasteiger partial charge in [0.1, 0.15) is 0 Å². The number of rotatable bonds is 4. The van der Waals surface area contributed by atoms with Gasteiger partial charge in [0.25, 0.3) is 0 Å². The first-order valence-electron chi connectivity index (χ1n) is 10.2. The molecule has 6 heteroatoms. The van der Waals surface area contributed by atoms with Crippen LogP contribution in [0.5, 0.6) is 0 Å². The van der Waals surface area contributed by atoms with Crippen molar-refractivity contribution in [1.29, 1.82) is 0 Å². The van der Waals surface area contributed by atoms with E-state index in [0.29, 0.717) is 0 Å². The van der Waals surface area contributed by atoms with Crippen molar-refractivity contribution < 1.29 is 4.79 Å². The highest BCUT2D eigenvalue weighted by molar-refractivity contribution is 9.10. The maximum atomic E-state index is 12.7. The fraction of sp³-hybridized carbons (Fsp3) is 0.292. The molecule has 1 fully saturated rings. The van der Waals surface area contributed by atoms with E-state index in [-0.39, 0.29) is 11.8 Å².